The molecule has 0 aliphatic carbocycles. The van der Waals surface area contributed by atoms with Crippen LogP contribution in [0.3, 0.4) is 0 Å². The van der Waals surface area contributed by atoms with Gasteiger partial charge in [0.2, 0.25) is 5.91 Å². The summed E-state index contributed by atoms with van der Waals surface area (Å²) >= 11 is 0. The SMILES string of the molecule is COc1ccccc1OC1CN(C(=O)Cc2c(C)[nH]c3ccccc23)C1. The number of ether oxygens (including phenoxy) is 2. The molecule has 0 radical (unpaired) electrons. The van der Waals surface area contributed by atoms with Crippen molar-refractivity contribution in [3.05, 3.63) is 59.8 Å². The summed E-state index contributed by atoms with van der Waals surface area (Å²) in [6, 6.07) is 15.7. The highest BCUT2D eigenvalue weighted by atomic mass is 16.5. The van der Waals surface area contributed by atoms with E-state index in [0.29, 0.717) is 25.3 Å². The second-order valence-electron chi connectivity index (χ2n) is 6.64. The number of hydrogen-bond acceptors (Lipinski definition) is 3. The van der Waals surface area contributed by atoms with Crippen LogP contribution < -0.4 is 9.47 Å². The van der Waals surface area contributed by atoms with Gasteiger partial charge in [0, 0.05) is 16.6 Å². The molecule has 1 aromatic heterocycles. The fourth-order valence-electron chi connectivity index (χ4n) is 3.44. The lowest BCUT2D eigenvalue weighted by Gasteiger charge is -2.39. The molecule has 5 nitrogen and oxygen atoms in total. The van der Waals surface area contributed by atoms with Gasteiger partial charge in [0.1, 0.15) is 6.10 Å². The summed E-state index contributed by atoms with van der Waals surface area (Å²) in [5, 5.41) is 1.13. The molecule has 1 aliphatic heterocycles. The van der Waals surface area contributed by atoms with Crippen molar-refractivity contribution in [2.45, 2.75) is 19.4 Å². The lowest BCUT2D eigenvalue weighted by Crippen LogP contribution is -2.56. The van der Waals surface area contributed by atoms with Crippen molar-refractivity contribution in [3.63, 3.8) is 0 Å². The molecule has 1 saturated heterocycles. The Kier molecular flexibility index (Phi) is 4.29. The number of nitrogens with one attached hydrogen (secondary N) is 1. The molecule has 134 valence electrons. The molecule has 0 atom stereocenters. The molecule has 4 rings (SSSR count). The molecule has 1 aliphatic rings. The summed E-state index contributed by atoms with van der Waals surface area (Å²) in [6.07, 6.45) is 0.427. The van der Waals surface area contributed by atoms with E-state index in [0.717, 1.165) is 27.9 Å². The third-order valence-electron chi connectivity index (χ3n) is 4.92. The van der Waals surface area contributed by atoms with E-state index in [1.54, 1.807) is 7.11 Å². The highest BCUT2D eigenvalue weighted by Gasteiger charge is 2.33. The number of carbonyl (C=O) groups excluding carboxylic acids is 1. The molecule has 1 amide bonds. The summed E-state index contributed by atoms with van der Waals surface area (Å²) in [6.45, 7) is 3.24. The molecule has 0 unspecified atom stereocenters. The van der Waals surface area contributed by atoms with Crippen molar-refractivity contribution >= 4 is 16.8 Å². The van der Waals surface area contributed by atoms with Gasteiger partial charge in [0.15, 0.2) is 11.5 Å². The average Bonchev–Trinajstić information content (AvgIpc) is 2.93. The van der Waals surface area contributed by atoms with Gasteiger partial charge in [-0.15, -0.1) is 0 Å². The summed E-state index contributed by atoms with van der Waals surface area (Å²) < 4.78 is 11.3. The number of aryl methyl sites for hydroxylation is 1. The van der Waals surface area contributed by atoms with Gasteiger partial charge in [0.05, 0.1) is 26.6 Å². The number of methoxy groups -OCH3 is 1. The zero-order chi connectivity index (χ0) is 18.1. The number of H-pyrrole nitrogens is 1. The van der Waals surface area contributed by atoms with Crippen LogP contribution in [0, 0.1) is 6.92 Å². The van der Waals surface area contributed by atoms with E-state index in [2.05, 4.69) is 11.1 Å². The van der Waals surface area contributed by atoms with Crippen molar-refractivity contribution in [1.82, 2.24) is 9.88 Å². The standard InChI is InChI=1S/C21H22N2O3/c1-14-17(16-7-3-4-8-18(16)22-14)11-21(24)23-12-15(13-23)26-20-10-6-5-9-19(20)25-2/h3-10,15,22H,11-13H2,1-2H3. The Labute approximate surface area is 152 Å². The topological polar surface area (TPSA) is 54.6 Å². The molecule has 0 saturated carbocycles. The summed E-state index contributed by atoms with van der Waals surface area (Å²) in [7, 11) is 1.63. The number of carbonyl (C=O) groups is 1. The average molecular weight is 350 g/mol. The first-order chi connectivity index (χ1) is 12.7. The molecule has 2 aromatic carbocycles. The largest absolute Gasteiger partial charge is 0.493 e. The molecule has 0 bridgehead atoms. The highest BCUT2D eigenvalue weighted by molar-refractivity contribution is 5.90. The minimum Gasteiger partial charge on any atom is -0.493 e. The number of nitrogens with zero attached hydrogens (tertiary/aromatic N) is 1. The number of aromatic amines is 1. The predicted octanol–water partition coefficient (Wildman–Crippen LogP) is 3.32. The summed E-state index contributed by atoms with van der Waals surface area (Å²) in [5.74, 6) is 1.57. The van der Waals surface area contributed by atoms with Crippen LogP contribution in [-0.4, -0.2) is 42.1 Å². The first-order valence-corrected chi connectivity index (χ1v) is 8.79. The second-order valence-corrected chi connectivity index (χ2v) is 6.64. The van der Waals surface area contributed by atoms with Crippen LogP contribution in [0.5, 0.6) is 11.5 Å². The monoisotopic (exact) mass is 350 g/mol. The Morgan fingerprint density at radius 2 is 1.81 bits per heavy atom. The fourth-order valence-corrected chi connectivity index (χ4v) is 3.44. The van der Waals surface area contributed by atoms with Crippen molar-refractivity contribution in [3.8, 4) is 11.5 Å². The second kappa shape index (κ2) is 6.75. The van der Waals surface area contributed by atoms with E-state index >= 15 is 0 Å². The molecule has 5 heteroatoms. The van der Waals surface area contributed by atoms with E-state index < -0.39 is 0 Å². The number of likely N-dealkylation sites (tertiary alicyclic amines) is 1. The highest BCUT2D eigenvalue weighted by Crippen LogP contribution is 2.29. The maximum Gasteiger partial charge on any atom is 0.227 e. The molecule has 1 fully saturated rings. The minimum absolute atomic E-state index is 0.0133. The Balaban J connectivity index is 1.38. The van der Waals surface area contributed by atoms with Gasteiger partial charge in [-0.05, 0) is 30.7 Å². The van der Waals surface area contributed by atoms with Crippen LogP contribution in [0.2, 0.25) is 0 Å². The van der Waals surface area contributed by atoms with E-state index in [1.165, 1.54) is 0 Å². The van der Waals surface area contributed by atoms with Gasteiger partial charge in [-0.3, -0.25) is 4.79 Å². The van der Waals surface area contributed by atoms with Crippen LogP contribution in [-0.2, 0) is 11.2 Å². The quantitative estimate of drug-likeness (QED) is 0.768. The molecule has 26 heavy (non-hydrogen) atoms. The summed E-state index contributed by atoms with van der Waals surface area (Å²) in [5.41, 5.74) is 3.22. The Morgan fingerprint density at radius 3 is 2.58 bits per heavy atom. The number of hydrogen-bond donors (Lipinski definition) is 1. The maximum absolute atomic E-state index is 12.6. The number of rotatable bonds is 5. The van der Waals surface area contributed by atoms with Gasteiger partial charge in [-0.1, -0.05) is 30.3 Å². The molecule has 0 spiro atoms. The molecule has 1 N–H and O–H groups in total. The van der Waals surface area contributed by atoms with Crippen molar-refractivity contribution in [1.29, 1.82) is 0 Å². The molecule has 2 heterocycles. The molecular weight excluding hydrogens is 328 g/mol. The van der Waals surface area contributed by atoms with Crippen LogP contribution in [0.1, 0.15) is 11.3 Å². The van der Waals surface area contributed by atoms with Crippen molar-refractivity contribution < 1.29 is 14.3 Å². The smallest absolute Gasteiger partial charge is 0.227 e. The van der Waals surface area contributed by atoms with E-state index in [1.807, 2.05) is 54.3 Å². The number of amides is 1. The zero-order valence-corrected chi connectivity index (χ0v) is 15.0. The number of benzene rings is 2. The lowest BCUT2D eigenvalue weighted by molar-refractivity contribution is -0.139. The molecular formula is C21H22N2O3. The van der Waals surface area contributed by atoms with Crippen LogP contribution in [0.15, 0.2) is 48.5 Å². The maximum atomic E-state index is 12.6. The van der Waals surface area contributed by atoms with Crippen molar-refractivity contribution in [2.24, 2.45) is 0 Å². The third-order valence-corrected chi connectivity index (χ3v) is 4.92. The van der Waals surface area contributed by atoms with Crippen molar-refractivity contribution in [2.75, 3.05) is 20.2 Å². The first kappa shape index (κ1) is 16.5. The first-order valence-electron chi connectivity index (χ1n) is 8.79. The van der Waals surface area contributed by atoms with Crippen LogP contribution in [0.4, 0.5) is 0 Å². The lowest BCUT2D eigenvalue weighted by atomic mass is 10.0. The third kappa shape index (κ3) is 3.01. The van der Waals surface area contributed by atoms with E-state index in [9.17, 15) is 4.79 Å². The van der Waals surface area contributed by atoms with Crippen LogP contribution in [0.25, 0.3) is 10.9 Å². The number of aromatic nitrogens is 1. The van der Waals surface area contributed by atoms with Gasteiger partial charge < -0.3 is 19.4 Å². The predicted molar refractivity (Wildman–Crippen MR) is 101 cm³/mol. The fraction of sp³-hybridized carbons (Fsp3) is 0.286. The van der Waals surface area contributed by atoms with Gasteiger partial charge >= 0.3 is 0 Å². The van der Waals surface area contributed by atoms with Crippen LogP contribution >= 0.6 is 0 Å². The Morgan fingerprint density at radius 1 is 1.12 bits per heavy atom. The van der Waals surface area contributed by atoms with Gasteiger partial charge in [-0.25, -0.2) is 0 Å². The minimum atomic E-state index is 0.0133. The number of para-hydroxylation sites is 3. The normalized spacial score (nSPS) is 14.3. The van der Waals surface area contributed by atoms with E-state index in [-0.39, 0.29) is 12.0 Å². The zero-order valence-electron chi connectivity index (χ0n) is 15.0. The molecule has 3 aromatic rings. The van der Waals surface area contributed by atoms with Gasteiger partial charge in [0.25, 0.3) is 0 Å². The Hall–Kier alpha value is -2.95. The van der Waals surface area contributed by atoms with E-state index in [4.69, 9.17) is 9.47 Å². The van der Waals surface area contributed by atoms with Gasteiger partial charge in [-0.2, -0.15) is 0 Å². The number of fused-ring (bicyclic) bond motifs is 1. The summed E-state index contributed by atoms with van der Waals surface area (Å²) in [4.78, 5) is 17.8. The Bertz CT molecular complexity index is 941.